The van der Waals surface area contributed by atoms with Gasteiger partial charge in [0.15, 0.2) is 0 Å². The number of nitrogens with one attached hydrogen (secondary N) is 1. The van der Waals surface area contributed by atoms with Crippen LogP contribution in [0.3, 0.4) is 0 Å². The lowest BCUT2D eigenvalue weighted by atomic mass is 10.1. The van der Waals surface area contributed by atoms with Crippen molar-refractivity contribution >= 4 is 17.7 Å². The zero-order valence-electron chi connectivity index (χ0n) is 9.74. The third-order valence-electron chi connectivity index (χ3n) is 2.20. The molecule has 0 aliphatic carbocycles. The van der Waals surface area contributed by atoms with Gasteiger partial charge in [-0.3, -0.25) is 4.79 Å². The number of nitrogens with zero attached hydrogens (tertiary/aromatic N) is 1. The van der Waals surface area contributed by atoms with Gasteiger partial charge in [-0.05, 0) is 25.1 Å². The monoisotopic (exact) mass is 270 g/mol. The van der Waals surface area contributed by atoms with E-state index < -0.39 is 17.7 Å². The van der Waals surface area contributed by atoms with Gasteiger partial charge < -0.3 is 5.32 Å². The average Bonchev–Trinajstić information content (AvgIpc) is 2.32. The molecule has 6 heteroatoms. The largest absolute Gasteiger partial charge is 0.349 e. The number of carbonyl (C=O) groups is 1. The summed E-state index contributed by atoms with van der Waals surface area (Å²) in [6, 6.07) is 4.39. The molecule has 0 fully saturated rings. The Balaban J connectivity index is 2.59. The number of carbonyl (C=O) groups excluding carboxylic acids is 1. The second kappa shape index (κ2) is 6.97. The van der Waals surface area contributed by atoms with Crippen LogP contribution < -0.4 is 5.32 Å². The van der Waals surface area contributed by atoms with Crippen LogP contribution in [0.25, 0.3) is 0 Å². The molecule has 0 heterocycles. The van der Waals surface area contributed by atoms with Crippen LogP contribution in [0.2, 0.25) is 0 Å². The molecule has 0 aliphatic rings. The van der Waals surface area contributed by atoms with Gasteiger partial charge in [0.1, 0.15) is 11.6 Å². The van der Waals surface area contributed by atoms with Gasteiger partial charge in [0.05, 0.1) is 23.6 Å². The van der Waals surface area contributed by atoms with Crippen LogP contribution in [0, 0.1) is 23.0 Å². The molecular weight excluding hydrogens is 258 g/mol. The molecule has 1 aromatic rings. The predicted octanol–water partition coefficient (Wildman–Crippen LogP) is 2.40. The Morgan fingerprint density at radius 2 is 2.28 bits per heavy atom. The Labute approximate surface area is 108 Å². The van der Waals surface area contributed by atoms with Gasteiger partial charge in [-0.2, -0.15) is 5.26 Å². The zero-order valence-corrected chi connectivity index (χ0v) is 10.6. The van der Waals surface area contributed by atoms with E-state index in [9.17, 15) is 13.6 Å². The maximum absolute atomic E-state index is 13.4. The normalized spacial score (nSPS) is 11.7. The first kappa shape index (κ1) is 14.5. The van der Waals surface area contributed by atoms with Crippen molar-refractivity contribution in [2.45, 2.75) is 13.0 Å². The number of thioether (sulfide) groups is 1. The third-order valence-corrected chi connectivity index (χ3v) is 3.00. The zero-order chi connectivity index (χ0) is 13.5. The number of benzene rings is 1. The van der Waals surface area contributed by atoms with Crippen molar-refractivity contribution in [3.63, 3.8) is 0 Å². The second-order valence-electron chi connectivity index (χ2n) is 3.61. The molecule has 1 atom stereocenters. The Kier molecular flexibility index (Phi) is 5.59. The predicted molar refractivity (Wildman–Crippen MR) is 65.9 cm³/mol. The smallest absolute Gasteiger partial charge is 0.230 e. The molecule has 0 spiro atoms. The van der Waals surface area contributed by atoms with E-state index in [2.05, 4.69) is 5.32 Å². The van der Waals surface area contributed by atoms with Crippen molar-refractivity contribution in [1.82, 2.24) is 5.32 Å². The van der Waals surface area contributed by atoms with E-state index in [1.54, 1.807) is 6.92 Å². The SMILES string of the molecule is C[C@@H](NC(=O)CSCC#N)c1cc(F)ccc1F. The summed E-state index contributed by atoms with van der Waals surface area (Å²) in [6.07, 6.45) is 0. The van der Waals surface area contributed by atoms with Gasteiger partial charge in [-0.25, -0.2) is 8.78 Å². The van der Waals surface area contributed by atoms with Crippen LogP contribution in [0.4, 0.5) is 8.78 Å². The average molecular weight is 270 g/mol. The molecule has 0 saturated carbocycles. The maximum Gasteiger partial charge on any atom is 0.230 e. The Morgan fingerprint density at radius 1 is 1.56 bits per heavy atom. The summed E-state index contributed by atoms with van der Waals surface area (Å²) >= 11 is 1.16. The van der Waals surface area contributed by atoms with Crippen LogP contribution >= 0.6 is 11.8 Å². The van der Waals surface area contributed by atoms with Crippen LogP contribution in [0.5, 0.6) is 0 Å². The summed E-state index contributed by atoms with van der Waals surface area (Å²) in [5.74, 6) is -1.09. The fourth-order valence-electron chi connectivity index (χ4n) is 1.40. The minimum absolute atomic E-state index is 0.105. The molecule has 1 amide bonds. The van der Waals surface area contributed by atoms with E-state index in [1.807, 2.05) is 6.07 Å². The van der Waals surface area contributed by atoms with E-state index in [0.29, 0.717) is 0 Å². The van der Waals surface area contributed by atoms with Crippen molar-refractivity contribution in [3.8, 4) is 6.07 Å². The summed E-state index contributed by atoms with van der Waals surface area (Å²) in [4.78, 5) is 11.4. The van der Waals surface area contributed by atoms with Gasteiger partial charge in [0, 0.05) is 5.56 Å². The number of nitriles is 1. The molecule has 1 rings (SSSR count). The van der Waals surface area contributed by atoms with E-state index >= 15 is 0 Å². The lowest BCUT2D eigenvalue weighted by Crippen LogP contribution is -2.28. The highest BCUT2D eigenvalue weighted by Crippen LogP contribution is 2.18. The van der Waals surface area contributed by atoms with E-state index in [4.69, 9.17) is 5.26 Å². The van der Waals surface area contributed by atoms with Gasteiger partial charge >= 0.3 is 0 Å². The van der Waals surface area contributed by atoms with Crippen molar-refractivity contribution in [3.05, 3.63) is 35.4 Å². The molecule has 1 N–H and O–H groups in total. The van der Waals surface area contributed by atoms with Crippen LogP contribution in [-0.2, 0) is 4.79 Å². The van der Waals surface area contributed by atoms with Gasteiger partial charge in [-0.1, -0.05) is 0 Å². The molecule has 3 nitrogen and oxygen atoms in total. The molecule has 0 unspecified atom stereocenters. The quantitative estimate of drug-likeness (QED) is 0.836. The molecule has 18 heavy (non-hydrogen) atoms. The summed E-state index contributed by atoms with van der Waals surface area (Å²) in [6.45, 7) is 1.57. The molecule has 96 valence electrons. The molecule has 0 radical (unpaired) electrons. The molecule has 1 aromatic carbocycles. The fourth-order valence-corrected chi connectivity index (χ4v) is 1.86. The first-order chi connectivity index (χ1) is 8.54. The number of hydrogen-bond donors (Lipinski definition) is 1. The highest BCUT2D eigenvalue weighted by molar-refractivity contribution is 8.00. The highest BCUT2D eigenvalue weighted by atomic mass is 32.2. The van der Waals surface area contributed by atoms with E-state index in [0.717, 1.165) is 30.0 Å². The van der Waals surface area contributed by atoms with Gasteiger partial charge in [0.25, 0.3) is 0 Å². The minimum Gasteiger partial charge on any atom is -0.349 e. The second-order valence-corrected chi connectivity index (χ2v) is 4.59. The number of rotatable bonds is 5. The standard InChI is InChI=1S/C12H12F2N2OS/c1-8(16-12(17)7-18-5-4-15)10-6-9(13)2-3-11(10)14/h2-3,6,8H,5,7H2,1H3,(H,16,17)/t8-/m1/s1. The molecule has 0 saturated heterocycles. The highest BCUT2D eigenvalue weighted by Gasteiger charge is 2.14. The Hall–Kier alpha value is -1.61. The van der Waals surface area contributed by atoms with Crippen molar-refractivity contribution < 1.29 is 13.6 Å². The van der Waals surface area contributed by atoms with Gasteiger partial charge in [-0.15, -0.1) is 11.8 Å². The number of hydrogen-bond acceptors (Lipinski definition) is 3. The van der Waals surface area contributed by atoms with Crippen LogP contribution in [-0.4, -0.2) is 17.4 Å². The Morgan fingerprint density at radius 3 is 2.94 bits per heavy atom. The lowest BCUT2D eigenvalue weighted by Gasteiger charge is -2.14. The minimum atomic E-state index is -0.615. The number of amides is 1. The summed E-state index contributed by atoms with van der Waals surface area (Å²) in [5.41, 5.74) is 0.105. The lowest BCUT2D eigenvalue weighted by molar-refractivity contribution is -0.119. The first-order valence-electron chi connectivity index (χ1n) is 5.23. The van der Waals surface area contributed by atoms with Crippen molar-refractivity contribution in [2.75, 3.05) is 11.5 Å². The fraction of sp³-hybridized carbons (Fsp3) is 0.333. The summed E-state index contributed by atoms with van der Waals surface area (Å²) in [5, 5.41) is 10.9. The molecule has 0 aliphatic heterocycles. The topological polar surface area (TPSA) is 52.9 Å². The van der Waals surface area contributed by atoms with E-state index in [-0.39, 0.29) is 23.0 Å². The van der Waals surface area contributed by atoms with Crippen LogP contribution in [0.1, 0.15) is 18.5 Å². The van der Waals surface area contributed by atoms with Crippen LogP contribution in [0.15, 0.2) is 18.2 Å². The molecule has 0 aromatic heterocycles. The third kappa shape index (κ3) is 4.34. The van der Waals surface area contributed by atoms with Crippen molar-refractivity contribution in [1.29, 1.82) is 5.26 Å². The Bertz CT molecular complexity index is 474. The summed E-state index contributed by atoms with van der Waals surface area (Å²) < 4.78 is 26.4. The number of halogens is 2. The van der Waals surface area contributed by atoms with Gasteiger partial charge in [0.2, 0.25) is 5.91 Å². The first-order valence-corrected chi connectivity index (χ1v) is 6.39. The molecule has 0 bridgehead atoms. The molecular formula is C12H12F2N2OS. The van der Waals surface area contributed by atoms with E-state index in [1.165, 1.54) is 0 Å². The summed E-state index contributed by atoms with van der Waals surface area (Å²) in [7, 11) is 0. The maximum atomic E-state index is 13.4. The van der Waals surface area contributed by atoms with Crippen molar-refractivity contribution in [2.24, 2.45) is 0 Å².